The Labute approximate surface area is 120 Å². The summed E-state index contributed by atoms with van der Waals surface area (Å²) in [6.45, 7) is 4.47. The Morgan fingerprint density at radius 3 is 2.70 bits per heavy atom. The largest absolute Gasteiger partial charge is 0.380 e. The lowest BCUT2D eigenvalue weighted by Gasteiger charge is -2.07. The van der Waals surface area contributed by atoms with Crippen LogP contribution in [0.15, 0.2) is 30.3 Å². The third-order valence-corrected chi connectivity index (χ3v) is 3.33. The number of nitrogens with one attached hydrogen (secondary N) is 1. The number of ether oxygens (including phenoxy) is 1. The van der Waals surface area contributed by atoms with Gasteiger partial charge in [0, 0.05) is 27.2 Å². The van der Waals surface area contributed by atoms with Crippen molar-refractivity contribution < 1.29 is 4.74 Å². The summed E-state index contributed by atoms with van der Waals surface area (Å²) in [6, 6.07) is 10.6. The van der Waals surface area contributed by atoms with Crippen molar-refractivity contribution in [2.75, 3.05) is 7.11 Å². The minimum Gasteiger partial charge on any atom is -0.380 e. The van der Waals surface area contributed by atoms with Crippen molar-refractivity contribution in [2.24, 2.45) is 7.05 Å². The molecule has 1 aromatic carbocycles. The number of hydrogen-bond acceptors (Lipinski definition) is 3. The summed E-state index contributed by atoms with van der Waals surface area (Å²) < 4.78 is 7.11. The highest BCUT2D eigenvalue weighted by Crippen LogP contribution is 2.07. The molecule has 0 aliphatic heterocycles. The lowest BCUT2D eigenvalue weighted by atomic mass is 10.1. The number of benzene rings is 1. The van der Waals surface area contributed by atoms with Gasteiger partial charge in [0.05, 0.1) is 18.0 Å². The van der Waals surface area contributed by atoms with Crippen LogP contribution in [0.4, 0.5) is 0 Å². The van der Waals surface area contributed by atoms with E-state index in [0.29, 0.717) is 6.61 Å². The van der Waals surface area contributed by atoms with Crippen molar-refractivity contribution in [1.82, 2.24) is 15.1 Å². The Morgan fingerprint density at radius 2 is 2.00 bits per heavy atom. The molecule has 0 bridgehead atoms. The summed E-state index contributed by atoms with van der Waals surface area (Å²) >= 11 is 0. The van der Waals surface area contributed by atoms with Gasteiger partial charge in [0.15, 0.2) is 0 Å². The van der Waals surface area contributed by atoms with Crippen molar-refractivity contribution in [2.45, 2.75) is 33.0 Å². The normalized spacial score (nSPS) is 10.9. The number of hydrogen-bond donors (Lipinski definition) is 1. The van der Waals surface area contributed by atoms with Crippen LogP contribution in [0.3, 0.4) is 0 Å². The summed E-state index contributed by atoms with van der Waals surface area (Å²) in [5.74, 6) is 0. The van der Waals surface area contributed by atoms with E-state index in [-0.39, 0.29) is 0 Å². The lowest BCUT2D eigenvalue weighted by Crippen LogP contribution is -2.15. The van der Waals surface area contributed by atoms with Crippen molar-refractivity contribution >= 4 is 0 Å². The molecule has 0 atom stereocenters. The van der Waals surface area contributed by atoms with Gasteiger partial charge in [-0.15, -0.1) is 0 Å². The van der Waals surface area contributed by atoms with Gasteiger partial charge in [-0.1, -0.05) is 31.2 Å². The molecule has 20 heavy (non-hydrogen) atoms. The minimum atomic E-state index is 0.662. The molecule has 0 aliphatic rings. The second-order valence-electron chi connectivity index (χ2n) is 4.96. The Bertz CT molecular complexity index is 548. The average molecular weight is 273 g/mol. The SMILES string of the molecule is CCc1cc(CNCc2cccc(COC)c2)n(C)n1. The standard InChI is InChI=1S/C16H23N3O/c1-4-15-9-16(19(2)18-15)11-17-10-13-6-5-7-14(8-13)12-20-3/h5-9,17H,4,10-12H2,1-3H3. The monoisotopic (exact) mass is 273 g/mol. The molecular weight excluding hydrogens is 250 g/mol. The molecular formula is C16H23N3O. The van der Waals surface area contributed by atoms with Crippen LogP contribution in [0, 0.1) is 0 Å². The van der Waals surface area contributed by atoms with Gasteiger partial charge in [0.25, 0.3) is 0 Å². The molecule has 108 valence electrons. The molecule has 0 spiro atoms. The van der Waals surface area contributed by atoms with Crippen LogP contribution in [-0.2, 0) is 37.9 Å². The predicted molar refractivity (Wildman–Crippen MR) is 80.3 cm³/mol. The second kappa shape index (κ2) is 7.22. The van der Waals surface area contributed by atoms with Crippen molar-refractivity contribution in [3.05, 3.63) is 52.8 Å². The maximum absolute atomic E-state index is 5.16. The molecule has 0 amide bonds. The van der Waals surface area contributed by atoms with Crippen molar-refractivity contribution in [3.8, 4) is 0 Å². The van der Waals surface area contributed by atoms with Gasteiger partial charge < -0.3 is 10.1 Å². The molecule has 0 radical (unpaired) electrons. The first-order chi connectivity index (χ1) is 9.72. The van der Waals surface area contributed by atoms with E-state index < -0.39 is 0 Å². The second-order valence-corrected chi connectivity index (χ2v) is 4.96. The minimum absolute atomic E-state index is 0.662. The van der Waals surface area contributed by atoms with Gasteiger partial charge in [-0.2, -0.15) is 5.10 Å². The van der Waals surface area contributed by atoms with E-state index in [1.807, 2.05) is 11.7 Å². The van der Waals surface area contributed by atoms with Crippen LogP contribution in [0.2, 0.25) is 0 Å². The quantitative estimate of drug-likeness (QED) is 0.842. The van der Waals surface area contributed by atoms with E-state index in [2.05, 4.69) is 47.7 Å². The molecule has 1 heterocycles. The maximum Gasteiger partial charge on any atom is 0.0713 e. The molecule has 4 heteroatoms. The molecule has 1 aromatic heterocycles. The number of aromatic nitrogens is 2. The summed E-state index contributed by atoms with van der Waals surface area (Å²) in [5, 5.41) is 7.92. The highest BCUT2D eigenvalue weighted by atomic mass is 16.5. The molecule has 0 unspecified atom stereocenters. The van der Waals surface area contributed by atoms with E-state index in [4.69, 9.17) is 4.74 Å². The first kappa shape index (κ1) is 14.8. The zero-order valence-electron chi connectivity index (χ0n) is 12.5. The van der Waals surface area contributed by atoms with Crippen LogP contribution < -0.4 is 5.32 Å². The highest BCUT2D eigenvalue weighted by Gasteiger charge is 2.03. The molecule has 0 saturated heterocycles. The van der Waals surface area contributed by atoms with Gasteiger partial charge in [0.1, 0.15) is 0 Å². The Kier molecular flexibility index (Phi) is 5.32. The molecule has 1 N–H and O–H groups in total. The Hall–Kier alpha value is -1.65. The smallest absolute Gasteiger partial charge is 0.0713 e. The fourth-order valence-corrected chi connectivity index (χ4v) is 2.24. The highest BCUT2D eigenvalue weighted by molar-refractivity contribution is 5.23. The summed E-state index contributed by atoms with van der Waals surface area (Å²) in [5.41, 5.74) is 4.85. The molecule has 2 rings (SSSR count). The van der Waals surface area contributed by atoms with E-state index in [9.17, 15) is 0 Å². The summed E-state index contributed by atoms with van der Waals surface area (Å²) in [6.07, 6.45) is 0.979. The van der Waals surface area contributed by atoms with Crippen LogP contribution in [0.25, 0.3) is 0 Å². The maximum atomic E-state index is 5.16. The Morgan fingerprint density at radius 1 is 1.20 bits per heavy atom. The van der Waals surface area contributed by atoms with Gasteiger partial charge in [-0.05, 0) is 23.6 Å². The molecule has 0 aliphatic carbocycles. The van der Waals surface area contributed by atoms with Crippen LogP contribution >= 0.6 is 0 Å². The summed E-state index contributed by atoms with van der Waals surface area (Å²) in [7, 11) is 3.72. The van der Waals surface area contributed by atoms with Crippen molar-refractivity contribution in [3.63, 3.8) is 0 Å². The van der Waals surface area contributed by atoms with Crippen molar-refractivity contribution in [1.29, 1.82) is 0 Å². The fourth-order valence-electron chi connectivity index (χ4n) is 2.24. The topological polar surface area (TPSA) is 39.1 Å². The molecule has 0 fully saturated rings. The fraction of sp³-hybridized carbons (Fsp3) is 0.438. The van der Waals surface area contributed by atoms with Gasteiger partial charge >= 0.3 is 0 Å². The van der Waals surface area contributed by atoms with Gasteiger partial charge in [0.2, 0.25) is 0 Å². The number of nitrogens with zero attached hydrogens (tertiary/aromatic N) is 2. The van der Waals surface area contributed by atoms with Crippen LogP contribution in [-0.4, -0.2) is 16.9 Å². The van der Waals surface area contributed by atoms with E-state index in [0.717, 1.165) is 25.2 Å². The third-order valence-electron chi connectivity index (χ3n) is 3.33. The van der Waals surface area contributed by atoms with Gasteiger partial charge in [-0.3, -0.25) is 4.68 Å². The third kappa shape index (κ3) is 3.92. The number of methoxy groups -OCH3 is 1. The Balaban J connectivity index is 1.88. The first-order valence-electron chi connectivity index (χ1n) is 7.02. The summed E-state index contributed by atoms with van der Waals surface area (Å²) in [4.78, 5) is 0. The van der Waals surface area contributed by atoms with Crippen LogP contribution in [0.5, 0.6) is 0 Å². The predicted octanol–water partition coefficient (Wildman–Crippen LogP) is 2.42. The van der Waals surface area contributed by atoms with Crippen LogP contribution in [0.1, 0.15) is 29.4 Å². The zero-order chi connectivity index (χ0) is 14.4. The molecule has 4 nitrogen and oxygen atoms in total. The van der Waals surface area contributed by atoms with E-state index in [1.54, 1.807) is 7.11 Å². The lowest BCUT2D eigenvalue weighted by molar-refractivity contribution is 0.185. The first-order valence-corrected chi connectivity index (χ1v) is 7.02. The average Bonchev–Trinajstić information content (AvgIpc) is 2.80. The van der Waals surface area contributed by atoms with E-state index >= 15 is 0 Å². The molecule has 2 aromatic rings. The number of rotatable bonds is 7. The van der Waals surface area contributed by atoms with E-state index in [1.165, 1.54) is 16.8 Å². The zero-order valence-corrected chi connectivity index (χ0v) is 12.5. The number of aryl methyl sites for hydroxylation is 2. The molecule has 0 saturated carbocycles. The van der Waals surface area contributed by atoms with Gasteiger partial charge in [-0.25, -0.2) is 0 Å².